The van der Waals surface area contributed by atoms with Crippen molar-refractivity contribution in [3.63, 3.8) is 0 Å². The number of hydrogen-bond acceptors (Lipinski definition) is 2. The molecular formula is C18H28O2. The Bertz CT molecular complexity index is 403. The Morgan fingerprint density at radius 3 is 2.05 bits per heavy atom. The lowest BCUT2D eigenvalue weighted by atomic mass is 9.79. The Labute approximate surface area is 123 Å². The molecule has 0 spiro atoms. The Kier molecular flexibility index (Phi) is 4.87. The first-order valence-corrected chi connectivity index (χ1v) is 7.84. The van der Waals surface area contributed by atoms with Gasteiger partial charge in [0.2, 0.25) is 0 Å². The van der Waals surface area contributed by atoms with E-state index in [4.69, 9.17) is 9.78 Å². The number of rotatable bonds is 5. The molecule has 0 N–H and O–H groups in total. The quantitative estimate of drug-likeness (QED) is 0.541. The zero-order valence-electron chi connectivity index (χ0n) is 13.3. The van der Waals surface area contributed by atoms with Crippen molar-refractivity contribution in [3.8, 4) is 0 Å². The van der Waals surface area contributed by atoms with Crippen LogP contribution in [0.3, 0.4) is 0 Å². The lowest BCUT2D eigenvalue weighted by Crippen LogP contribution is -2.38. The Morgan fingerprint density at radius 1 is 0.850 bits per heavy atom. The van der Waals surface area contributed by atoms with E-state index in [9.17, 15) is 0 Å². The fourth-order valence-electron chi connectivity index (χ4n) is 2.97. The highest BCUT2D eigenvalue weighted by atomic mass is 17.2. The van der Waals surface area contributed by atoms with E-state index in [0.717, 1.165) is 5.56 Å². The van der Waals surface area contributed by atoms with E-state index in [0.29, 0.717) is 5.92 Å². The molecule has 1 aromatic rings. The first kappa shape index (κ1) is 15.5. The zero-order valence-corrected chi connectivity index (χ0v) is 13.3. The van der Waals surface area contributed by atoms with E-state index in [1.54, 1.807) is 0 Å². The molecule has 2 nitrogen and oxygen atoms in total. The van der Waals surface area contributed by atoms with Crippen molar-refractivity contribution >= 4 is 0 Å². The second-order valence-corrected chi connectivity index (χ2v) is 6.98. The third-order valence-corrected chi connectivity index (χ3v) is 4.52. The van der Waals surface area contributed by atoms with E-state index < -0.39 is 5.60 Å². The zero-order chi connectivity index (χ0) is 14.6. The summed E-state index contributed by atoms with van der Waals surface area (Å²) in [5.74, 6) is 0.600. The molecule has 2 rings (SSSR count). The Hall–Kier alpha value is -0.860. The van der Waals surface area contributed by atoms with Gasteiger partial charge in [-0.3, -0.25) is 0 Å². The number of hydrogen-bond donors (Lipinski definition) is 0. The summed E-state index contributed by atoms with van der Waals surface area (Å²) in [5.41, 5.74) is 0.499. The van der Waals surface area contributed by atoms with Gasteiger partial charge in [0.25, 0.3) is 0 Å². The molecule has 0 aliphatic heterocycles. The van der Waals surface area contributed by atoms with Crippen LogP contribution >= 0.6 is 0 Å². The molecule has 0 radical (unpaired) electrons. The Morgan fingerprint density at radius 2 is 1.45 bits per heavy atom. The van der Waals surface area contributed by atoms with Crippen molar-refractivity contribution in [1.82, 2.24) is 0 Å². The van der Waals surface area contributed by atoms with Crippen LogP contribution in [0.4, 0.5) is 0 Å². The van der Waals surface area contributed by atoms with Crippen LogP contribution in [-0.2, 0) is 15.4 Å². The normalized spacial score (nSPS) is 18.2. The summed E-state index contributed by atoms with van der Waals surface area (Å²) in [5, 5.41) is 0. The molecule has 1 aromatic carbocycles. The van der Waals surface area contributed by atoms with Gasteiger partial charge in [-0.25, -0.2) is 9.78 Å². The lowest BCUT2D eigenvalue weighted by Gasteiger charge is -2.38. The average Bonchev–Trinajstić information content (AvgIpc) is 2.47. The van der Waals surface area contributed by atoms with Crippen LogP contribution in [0.5, 0.6) is 0 Å². The first-order chi connectivity index (χ1) is 9.42. The fraction of sp³-hybridized carbons (Fsp3) is 0.667. The highest BCUT2D eigenvalue weighted by molar-refractivity contribution is 5.20. The van der Waals surface area contributed by atoms with Gasteiger partial charge in [0.1, 0.15) is 11.2 Å². The van der Waals surface area contributed by atoms with Crippen LogP contribution in [0.15, 0.2) is 30.3 Å². The van der Waals surface area contributed by atoms with Crippen molar-refractivity contribution in [2.24, 2.45) is 5.92 Å². The summed E-state index contributed by atoms with van der Waals surface area (Å²) >= 11 is 0. The van der Waals surface area contributed by atoms with Gasteiger partial charge >= 0.3 is 0 Å². The van der Waals surface area contributed by atoms with E-state index in [1.165, 1.54) is 32.1 Å². The second kappa shape index (κ2) is 6.28. The van der Waals surface area contributed by atoms with E-state index >= 15 is 0 Å². The SMILES string of the molecule is CC(C)(OOC(C)(C)C1CCCCC1)c1ccccc1. The molecule has 0 aromatic heterocycles. The molecule has 2 heteroatoms. The first-order valence-electron chi connectivity index (χ1n) is 7.84. The minimum absolute atomic E-state index is 0.216. The van der Waals surface area contributed by atoms with E-state index in [-0.39, 0.29) is 5.60 Å². The minimum atomic E-state index is -0.423. The summed E-state index contributed by atoms with van der Waals surface area (Å²) in [6, 6.07) is 10.2. The van der Waals surface area contributed by atoms with Crippen molar-refractivity contribution < 1.29 is 9.78 Å². The van der Waals surface area contributed by atoms with Gasteiger partial charge in [0, 0.05) is 0 Å². The van der Waals surface area contributed by atoms with Gasteiger partial charge in [0.05, 0.1) is 0 Å². The Balaban J connectivity index is 1.96. The van der Waals surface area contributed by atoms with Gasteiger partial charge in [-0.1, -0.05) is 49.6 Å². The van der Waals surface area contributed by atoms with Gasteiger partial charge in [-0.2, -0.15) is 0 Å². The van der Waals surface area contributed by atoms with E-state index in [2.05, 4.69) is 39.8 Å². The van der Waals surface area contributed by atoms with Crippen LogP contribution in [-0.4, -0.2) is 5.60 Å². The summed E-state index contributed by atoms with van der Waals surface area (Å²) < 4.78 is 0. The summed E-state index contributed by atoms with van der Waals surface area (Å²) in [6.07, 6.45) is 6.51. The highest BCUT2D eigenvalue weighted by Crippen LogP contribution is 2.36. The molecule has 0 bridgehead atoms. The van der Waals surface area contributed by atoms with Gasteiger partial charge in [0.15, 0.2) is 0 Å². The topological polar surface area (TPSA) is 18.5 Å². The molecule has 0 saturated heterocycles. The van der Waals surface area contributed by atoms with E-state index in [1.807, 2.05) is 18.2 Å². The van der Waals surface area contributed by atoms with Gasteiger partial charge < -0.3 is 0 Å². The van der Waals surface area contributed by atoms with Crippen LogP contribution in [0.25, 0.3) is 0 Å². The largest absolute Gasteiger partial charge is 0.229 e. The molecule has 0 atom stereocenters. The molecule has 1 fully saturated rings. The van der Waals surface area contributed by atoms with Crippen molar-refractivity contribution in [2.75, 3.05) is 0 Å². The maximum Gasteiger partial charge on any atom is 0.123 e. The standard InChI is InChI=1S/C18H28O2/c1-17(2,15-11-7-5-8-12-15)19-20-18(3,4)16-13-9-6-10-14-16/h5,7-8,11-12,16H,6,9-10,13-14H2,1-4H3. The molecule has 1 aliphatic carbocycles. The monoisotopic (exact) mass is 276 g/mol. The molecular weight excluding hydrogens is 248 g/mol. The van der Waals surface area contributed by atoms with Crippen molar-refractivity contribution in [2.45, 2.75) is 71.0 Å². The number of benzene rings is 1. The van der Waals surface area contributed by atoms with Crippen LogP contribution < -0.4 is 0 Å². The smallest absolute Gasteiger partial charge is 0.123 e. The van der Waals surface area contributed by atoms with Gasteiger partial charge in [-0.15, -0.1) is 0 Å². The van der Waals surface area contributed by atoms with Crippen LogP contribution in [0.2, 0.25) is 0 Å². The minimum Gasteiger partial charge on any atom is -0.229 e. The third-order valence-electron chi connectivity index (χ3n) is 4.52. The molecule has 1 saturated carbocycles. The predicted octanol–water partition coefficient (Wildman–Crippen LogP) is 5.23. The average molecular weight is 276 g/mol. The highest BCUT2D eigenvalue weighted by Gasteiger charge is 2.35. The van der Waals surface area contributed by atoms with Crippen LogP contribution in [0.1, 0.15) is 65.4 Å². The summed E-state index contributed by atoms with van der Waals surface area (Å²) in [7, 11) is 0. The molecule has 20 heavy (non-hydrogen) atoms. The molecule has 0 heterocycles. The maximum absolute atomic E-state index is 5.89. The van der Waals surface area contributed by atoms with Crippen molar-refractivity contribution in [3.05, 3.63) is 35.9 Å². The molecule has 0 unspecified atom stereocenters. The van der Waals surface area contributed by atoms with Crippen LogP contribution in [0, 0.1) is 5.92 Å². The molecule has 1 aliphatic rings. The predicted molar refractivity (Wildman–Crippen MR) is 82.3 cm³/mol. The summed E-state index contributed by atoms with van der Waals surface area (Å²) in [6.45, 7) is 8.42. The molecule has 112 valence electrons. The van der Waals surface area contributed by atoms with Gasteiger partial charge in [-0.05, 0) is 52.0 Å². The second-order valence-electron chi connectivity index (χ2n) is 6.98. The third kappa shape index (κ3) is 3.83. The summed E-state index contributed by atoms with van der Waals surface area (Å²) in [4.78, 5) is 11.7. The maximum atomic E-state index is 5.89. The lowest BCUT2D eigenvalue weighted by molar-refractivity contribution is -0.415. The van der Waals surface area contributed by atoms with Crippen molar-refractivity contribution in [1.29, 1.82) is 0 Å². The fourth-order valence-corrected chi connectivity index (χ4v) is 2.97. The molecule has 0 amide bonds.